The van der Waals surface area contributed by atoms with E-state index in [0.29, 0.717) is 0 Å². The van der Waals surface area contributed by atoms with E-state index in [2.05, 4.69) is 0 Å². The summed E-state index contributed by atoms with van der Waals surface area (Å²) in [5, 5.41) is 0. The second-order valence-electron chi connectivity index (χ2n) is 1.31. The summed E-state index contributed by atoms with van der Waals surface area (Å²) in [6.45, 7) is 0. The van der Waals surface area contributed by atoms with Gasteiger partial charge in [0.15, 0.2) is 0 Å². The summed E-state index contributed by atoms with van der Waals surface area (Å²) < 4.78 is 10.5. The van der Waals surface area contributed by atoms with Crippen molar-refractivity contribution < 1.29 is 4.21 Å². The molecule has 3 heteroatoms. The molecule has 0 aliphatic carbocycles. The summed E-state index contributed by atoms with van der Waals surface area (Å²) in [4.78, 5) is 0. The van der Waals surface area contributed by atoms with Crippen LogP contribution in [0.4, 0.5) is 0 Å². The number of hydrogen-bond acceptors (Lipinski definition) is 2. The van der Waals surface area contributed by atoms with Crippen LogP contribution in [0.15, 0.2) is 0 Å². The van der Waals surface area contributed by atoms with E-state index in [1.807, 2.05) is 6.26 Å². The first-order valence-corrected chi connectivity index (χ1v) is 5.67. The Morgan fingerprint density at radius 3 is 1.67 bits per heavy atom. The fourth-order valence-electron chi connectivity index (χ4n) is 0. The molecule has 0 unspecified atom stereocenters. The fraction of sp³-hybridized carbons (Fsp3) is 1.00. The molecule has 0 aromatic carbocycles. The van der Waals surface area contributed by atoms with Gasteiger partial charge in [-0.05, 0) is 0 Å². The number of rotatable bonds is 1. The van der Waals surface area contributed by atoms with Crippen LogP contribution in [0.2, 0.25) is 0 Å². The first-order valence-electron chi connectivity index (χ1n) is 1.56. The zero-order valence-electron chi connectivity index (χ0n) is 4.22. The summed E-state index contributed by atoms with van der Waals surface area (Å²) in [5.41, 5.74) is 0. The van der Waals surface area contributed by atoms with Gasteiger partial charge in [0.05, 0.1) is 10.8 Å². The summed E-state index contributed by atoms with van der Waals surface area (Å²) in [7, 11) is -0.0856. The predicted octanol–water partition coefficient (Wildman–Crippen LogP) is 1.02. The molecular weight excluding hydrogens is 116 g/mol. The van der Waals surface area contributed by atoms with Gasteiger partial charge in [-0.1, -0.05) is 4.21 Å². The summed E-state index contributed by atoms with van der Waals surface area (Å²) in [5.74, 6) is 0. The lowest BCUT2D eigenvalue weighted by Crippen LogP contribution is -1.93. The van der Waals surface area contributed by atoms with Gasteiger partial charge in [0.2, 0.25) is 0 Å². The minimum absolute atomic E-state index is 1.41. The van der Waals surface area contributed by atoms with E-state index in [4.69, 9.17) is 0 Å². The average molecular weight is 125 g/mol. The van der Waals surface area contributed by atoms with Crippen molar-refractivity contribution in [1.82, 2.24) is 0 Å². The van der Waals surface area contributed by atoms with Crippen molar-refractivity contribution in [2.24, 2.45) is 0 Å². The molecule has 0 bridgehead atoms. The molecule has 1 nitrogen and oxygen atoms in total. The van der Waals surface area contributed by atoms with Crippen LogP contribution < -0.4 is 0 Å². The Labute approximate surface area is 43.3 Å². The maximum atomic E-state index is 10.5. The molecule has 0 spiro atoms. The molecule has 0 saturated carbocycles. The van der Waals surface area contributed by atoms with Crippen molar-refractivity contribution in [3.8, 4) is 0 Å². The van der Waals surface area contributed by atoms with Crippen LogP contribution in [0.25, 0.3) is 0 Å². The highest BCUT2D eigenvalue weighted by Crippen LogP contribution is 2.09. The minimum Gasteiger partial charge on any atom is -0.0927 e. The van der Waals surface area contributed by atoms with Crippen molar-refractivity contribution in [3.05, 3.63) is 0 Å². The van der Waals surface area contributed by atoms with Gasteiger partial charge in [-0.15, -0.1) is 0 Å². The van der Waals surface area contributed by atoms with Crippen LogP contribution in [0.5, 0.6) is 0 Å². The van der Waals surface area contributed by atoms with Gasteiger partial charge in [-0.2, -0.15) is 0 Å². The van der Waals surface area contributed by atoms with Crippen LogP contribution >= 0.6 is 10.8 Å². The van der Waals surface area contributed by atoms with Crippen molar-refractivity contribution in [2.45, 2.75) is 0 Å². The van der Waals surface area contributed by atoms with Gasteiger partial charge in [0.25, 0.3) is 0 Å². The average Bonchev–Trinajstić information content (AvgIpc) is 1.35. The molecule has 0 amide bonds. The molecule has 0 rings (SSSR count). The molecule has 0 aliphatic rings. The zero-order chi connectivity index (χ0) is 5.21. The monoisotopic (exact) mass is 125 g/mol. The maximum absolute atomic E-state index is 10.5. The molecule has 38 valence electrons. The molecule has 6 heavy (non-hydrogen) atoms. The Balaban J connectivity index is 3.48. The fourth-order valence-corrected chi connectivity index (χ4v) is 0. The van der Waals surface area contributed by atoms with E-state index >= 15 is 0 Å². The molecule has 0 aromatic rings. The van der Waals surface area contributed by atoms with Crippen LogP contribution in [0.3, 0.4) is 0 Å². The molecule has 0 aliphatic heterocycles. The topological polar surface area (TPSA) is 17.1 Å². The quantitative estimate of drug-likeness (QED) is 0.384. The Morgan fingerprint density at radius 2 is 1.67 bits per heavy atom. The standard InChI is InChI=1S/C3H9OS2/c1-5-6(2,3)4/h1-3H3/q+1. The van der Waals surface area contributed by atoms with Gasteiger partial charge >= 0.3 is 0 Å². The Morgan fingerprint density at radius 1 is 1.50 bits per heavy atom. The first kappa shape index (κ1) is 6.50. The Kier molecular flexibility index (Phi) is 2.15. The molecule has 0 saturated heterocycles. The zero-order valence-corrected chi connectivity index (χ0v) is 5.86. The van der Waals surface area contributed by atoms with Crippen LogP contribution in [-0.2, 0) is 13.2 Å². The van der Waals surface area contributed by atoms with Gasteiger partial charge in [-0.25, -0.2) is 0 Å². The molecule has 0 radical (unpaired) electrons. The highest BCUT2D eigenvalue weighted by atomic mass is 33.2. The number of hydrogen-bond donors (Lipinski definition) is 0. The van der Waals surface area contributed by atoms with E-state index in [9.17, 15) is 4.21 Å². The minimum atomic E-state index is -1.50. The smallest absolute Gasteiger partial charge is 0.0927 e. The van der Waals surface area contributed by atoms with Crippen molar-refractivity contribution >= 4 is 19.8 Å². The third-order valence-electron chi connectivity index (χ3n) is 0.401. The van der Waals surface area contributed by atoms with E-state index in [1.54, 1.807) is 12.5 Å². The van der Waals surface area contributed by atoms with Crippen LogP contribution in [0, 0.1) is 0 Å². The van der Waals surface area contributed by atoms with Crippen molar-refractivity contribution in [3.63, 3.8) is 0 Å². The molecule has 0 aromatic heterocycles. The van der Waals surface area contributed by atoms with Crippen molar-refractivity contribution in [2.75, 3.05) is 18.8 Å². The third kappa shape index (κ3) is 4.50. The normalized spacial score (nSPS) is 11.8. The third-order valence-corrected chi connectivity index (χ3v) is 3.61. The van der Waals surface area contributed by atoms with Gasteiger partial charge in [-0.3, -0.25) is 0 Å². The van der Waals surface area contributed by atoms with E-state index in [1.165, 1.54) is 10.8 Å². The molecule has 0 heterocycles. The van der Waals surface area contributed by atoms with Gasteiger partial charge in [0, 0.05) is 6.26 Å². The van der Waals surface area contributed by atoms with Gasteiger partial charge in [0.1, 0.15) is 21.5 Å². The summed E-state index contributed by atoms with van der Waals surface area (Å²) in [6, 6.07) is 0. The lowest BCUT2D eigenvalue weighted by atomic mass is 11.9. The second-order valence-corrected chi connectivity index (χ2v) is 7.34. The highest BCUT2D eigenvalue weighted by Gasteiger charge is 2.07. The molecule has 0 atom stereocenters. The highest BCUT2D eigenvalue weighted by molar-refractivity contribution is 8.76. The molecular formula is C3H9OS2+. The van der Waals surface area contributed by atoms with E-state index in [0.717, 1.165) is 0 Å². The largest absolute Gasteiger partial charge is 0.138 e. The second kappa shape index (κ2) is 1.98. The lowest BCUT2D eigenvalue weighted by molar-refractivity contribution is 0.599. The summed E-state index contributed by atoms with van der Waals surface area (Å²) in [6.07, 6.45) is 5.32. The van der Waals surface area contributed by atoms with Crippen molar-refractivity contribution in [1.29, 1.82) is 0 Å². The first-order chi connectivity index (χ1) is 2.56. The van der Waals surface area contributed by atoms with Crippen LogP contribution in [-0.4, -0.2) is 18.8 Å². The van der Waals surface area contributed by atoms with Crippen LogP contribution in [0.1, 0.15) is 0 Å². The lowest BCUT2D eigenvalue weighted by Gasteiger charge is -1.86. The summed E-state index contributed by atoms with van der Waals surface area (Å²) >= 11 is 0. The van der Waals surface area contributed by atoms with E-state index in [-0.39, 0.29) is 0 Å². The molecule has 0 fully saturated rings. The Hall–Kier alpha value is 0.500. The SMILES string of the molecule is CS[S+](C)(C)=O. The molecule has 0 N–H and O–H groups in total. The Bertz CT molecular complexity index is 72.9. The van der Waals surface area contributed by atoms with E-state index < -0.39 is 8.96 Å². The maximum Gasteiger partial charge on any atom is 0.138 e. The predicted molar refractivity (Wildman–Crippen MR) is 33.4 cm³/mol. The van der Waals surface area contributed by atoms with Gasteiger partial charge < -0.3 is 0 Å².